The molecule has 140 valence electrons. The fourth-order valence-electron chi connectivity index (χ4n) is 2.90. The number of amides is 1. The van der Waals surface area contributed by atoms with Gasteiger partial charge in [-0.05, 0) is 38.1 Å². The molecule has 0 bridgehead atoms. The monoisotopic (exact) mass is 384 g/mol. The van der Waals surface area contributed by atoms with Gasteiger partial charge < -0.3 is 9.64 Å². The lowest BCUT2D eigenvalue weighted by atomic mass is 10.1. The van der Waals surface area contributed by atoms with E-state index in [0.717, 1.165) is 5.75 Å². The van der Waals surface area contributed by atoms with Crippen molar-refractivity contribution in [3.8, 4) is 23.1 Å². The van der Waals surface area contributed by atoms with Gasteiger partial charge in [-0.2, -0.15) is 5.26 Å². The van der Waals surface area contributed by atoms with Crippen molar-refractivity contribution in [3.05, 3.63) is 40.2 Å². The molecule has 0 saturated heterocycles. The summed E-state index contributed by atoms with van der Waals surface area (Å²) in [7, 11) is 0. The van der Waals surface area contributed by atoms with Crippen LogP contribution in [0.2, 0.25) is 0 Å². The fourth-order valence-corrected chi connectivity index (χ4v) is 3.84. The van der Waals surface area contributed by atoms with Crippen LogP contribution in [0.1, 0.15) is 19.4 Å². The van der Waals surface area contributed by atoms with Gasteiger partial charge in [-0.1, -0.05) is 11.8 Å². The maximum absolute atomic E-state index is 12.5. The predicted molar refractivity (Wildman–Crippen MR) is 103 cm³/mol. The molecular formula is C19H20N4O3S. The van der Waals surface area contributed by atoms with Gasteiger partial charge in [0.15, 0.2) is 11.8 Å². The summed E-state index contributed by atoms with van der Waals surface area (Å²) in [5.41, 5.74) is 0.801. The van der Waals surface area contributed by atoms with Gasteiger partial charge >= 0.3 is 0 Å². The van der Waals surface area contributed by atoms with Gasteiger partial charge in [0.25, 0.3) is 11.5 Å². The van der Waals surface area contributed by atoms with E-state index in [1.54, 1.807) is 33.7 Å². The maximum atomic E-state index is 12.5. The third-order valence-corrected chi connectivity index (χ3v) is 5.35. The molecule has 7 nitrogen and oxygen atoms in total. The van der Waals surface area contributed by atoms with Crippen LogP contribution < -0.4 is 10.3 Å². The number of nitrogens with zero attached hydrogens (tertiary/aromatic N) is 4. The van der Waals surface area contributed by atoms with Crippen LogP contribution in [0.15, 0.2) is 34.2 Å². The molecule has 27 heavy (non-hydrogen) atoms. The smallest absolute Gasteiger partial charge is 0.272 e. The van der Waals surface area contributed by atoms with E-state index in [2.05, 4.69) is 4.98 Å². The van der Waals surface area contributed by atoms with Gasteiger partial charge in [0.05, 0.1) is 5.69 Å². The highest BCUT2D eigenvalue weighted by Crippen LogP contribution is 2.28. The molecule has 1 aliphatic heterocycles. The minimum absolute atomic E-state index is 0.0282. The zero-order valence-electron chi connectivity index (χ0n) is 15.3. The van der Waals surface area contributed by atoms with Crippen molar-refractivity contribution >= 4 is 17.7 Å². The van der Waals surface area contributed by atoms with Gasteiger partial charge in [-0.3, -0.25) is 14.2 Å². The van der Waals surface area contributed by atoms with Gasteiger partial charge in [0.2, 0.25) is 0 Å². The molecular weight excluding hydrogens is 364 g/mol. The van der Waals surface area contributed by atoms with Crippen molar-refractivity contribution in [2.75, 3.05) is 25.4 Å². The van der Waals surface area contributed by atoms with Crippen LogP contribution in [0.25, 0.3) is 11.3 Å². The highest BCUT2D eigenvalue weighted by Gasteiger charge is 2.21. The van der Waals surface area contributed by atoms with E-state index in [1.165, 1.54) is 11.8 Å². The number of aromatic nitrogens is 2. The molecule has 0 saturated carbocycles. The quantitative estimate of drug-likeness (QED) is 0.709. The number of likely N-dealkylation sites (N-methyl/N-ethyl adjacent to an activating group) is 1. The average Bonchev–Trinajstić information content (AvgIpc) is 3.17. The van der Waals surface area contributed by atoms with Crippen LogP contribution in [0, 0.1) is 11.3 Å². The Kier molecular flexibility index (Phi) is 5.81. The second kappa shape index (κ2) is 8.27. The number of carbonyl (C=O) groups is 1. The molecule has 3 rings (SSSR count). The average molecular weight is 384 g/mol. The van der Waals surface area contributed by atoms with E-state index in [4.69, 9.17) is 4.74 Å². The zero-order valence-corrected chi connectivity index (χ0v) is 16.1. The first kappa shape index (κ1) is 19.0. The minimum Gasteiger partial charge on any atom is -0.484 e. The van der Waals surface area contributed by atoms with Gasteiger partial charge in [0.1, 0.15) is 17.4 Å². The van der Waals surface area contributed by atoms with Crippen molar-refractivity contribution < 1.29 is 9.53 Å². The molecule has 1 aromatic heterocycles. The largest absolute Gasteiger partial charge is 0.484 e. The molecule has 1 aromatic carbocycles. The van der Waals surface area contributed by atoms with Crippen LogP contribution in [0.3, 0.4) is 0 Å². The lowest BCUT2D eigenvalue weighted by molar-refractivity contribution is -0.132. The molecule has 2 heterocycles. The third-order valence-electron chi connectivity index (χ3n) is 4.40. The van der Waals surface area contributed by atoms with Gasteiger partial charge in [-0.25, -0.2) is 4.98 Å². The number of benzene rings is 1. The van der Waals surface area contributed by atoms with E-state index >= 15 is 0 Å². The van der Waals surface area contributed by atoms with Crippen LogP contribution >= 0.6 is 11.8 Å². The molecule has 8 heteroatoms. The van der Waals surface area contributed by atoms with Crippen molar-refractivity contribution in [2.45, 2.75) is 25.5 Å². The summed E-state index contributed by atoms with van der Waals surface area (Å²) < 4.78 is 7.10. The molecule has 0 aliphatic carbocycles. The molecule has 0 spiro atoms. The van der Waals surface area contributed by atoms with Crippen LogP contribution in [-0.2, 0) is 11.3 Å². The normalized spacial score (nSPS) is 12.3. The van der Waals surface area contributed by atoms with E-state index in [9.17, 15) is 14.9 Å². The Balaban J connectivity index is 1.81. The molecule has 0 N–H and O–H groups in total. The Morgan fingerprint density at radius 1 is 1.33 bits per heavy atom. The highest BCUT2D eigenvalue weighted by atomic mass is 32.2. The Morgan fingerprint density at radius 2 is 2.04 bits per heavy atom. The van der Waals surface area contributed by atoms with Gasteiger partial charge in [0, 0.05) is 31.0 Å². The number of rotatable bonds is 6. The Labute approximate surface area is 161 Å². The summed E-state index contributed by atoms with van der Waals surface area (Å²) in [5, 5.41) is 10.1. The third kappa shape index (κ3) is 3.83. The molecule has 1 amide bonds. The number of thioether (sulfide) groups is 1. The summed E-state index contributed by atoms with van der Waals surface area (Å²) in [6.45, 7) is 5.69. The van der Waals surface area contributed by atoms with Crippen LogP contribution in [0.4, 0.5) is 0 Å². The van der Waals surface area contributed by atoms with Crippen molar-refractivity contribution in [1.82, 2.24) is 14.5 Å². The summed E-state index contributed by atoms with van der Waals surface area (Å²) >= 11 is 1.51. The van der Waals surface area contributed by atoms with Crippen LogP contribution in [0.5, 0.6) is 5.75 Å². The molecule has 0 radical (unpaired) electrons. The summed E-state index contributed by atoms with van der Waals surface area (Å²) in [6, 6.07) is 8.91. The Bertz CT molecular complexity index is 943. The second-order valence-electron chi connectivity index (χ2n) is 5.91. The lowest BCUT2D eigenvalue weighted by Gasteiger charge is -2.18. The first-order chi connectivity index (χ1) is 13.1. The number of carbonyl (C=O) groups excluding carboxylic acids is 1. The second-order valence-corrected chi connectivity index (χ2v) is 6.98. The van der Waals surface area contributed by atoms with E-state index in [0.29, 0.717) is 41.8 Å². The SMILES string of the molecule is CCN(CC)C(=O)COc1ccc(-c2nc3n(c(=O)c2C#N)CCS3)cc1. The molecule has 2 aromatic rings. The molecule has 1 aliphatic rings. The first-order valence-electron chi connectivity index (χ1n) is 8.77. The van der Waals surface area contributed by atoms with E-state index in [1.807, 2.05) is 19.9 Å². The molecule has 0 fully saturated rings. The fraction of sp³-hybridized carbons (Fsp3) is 0.368. The van der Waals surface area contributed by atoms with Crippen molar-refractivity contribution in [1.29, 1.82) is 5.26 Å². The zero-order chi connectivity index (χ0) is 19.4. The predicted octanol–water partition coefficient (Wildman–Crippen LogP) is 2.13. The van der Waals surface area contributed by atoms with Crippen molar-refractivity contribution in [3.63, 3.8) is 0 Å². The first-order valence-corrected chi connectivity index (χ1v) is 9.76. The minimum atomic E-state index is -0.298. The topological polar surface area (TPSA) is 88.2 Å². The number of hydrogen-bond donors (Lipinski definition) is 0. The number of nitriles is 1. The molecule has 0 atom stereocenters. The standard InChI is InChI=1S/C19H20N4O3S/c1-3-22(4-2)16(24)12-26-14-7-5-13(6-8-14)17-15(11-20)18(25)23-9-10-27-19(23)21-17/h5-8H,3-4,9-10,12H2,1-2H3. The number of ether oxygens (including phenoxy) is 1. The molecule has 0 unspecified atom stereocenters. The lowest BCUT2D eigenvalue weighted by Crippen LogP contribution is -2.34. The van der Waals surface area contributed by atoms with Crippen molar-refractivity contribution in [2.24, 2.45) is 0 Å². The Hall–Kier alpha value is -2.79. The summed E-state index contributed by atoms with van der Waals surface area (Å²) in [6.07, 6.45) is 0. The van der Waals surface area contributed by atoms with E-state index in [-0.39, 0.29) is 23.6 Å². The maximum Gasteiger partial charge on any atom is 0.272 e. The number of fused-ring (bicyclic) bond motifs is 1. The van der Waals surface area contributed by atoms with Gasteiger partial charge in [-0.15, -0.1) is 0 Å². The number of hydrogen-bond acceptors (Lipinski definition) is 6. The van der Waals surface area contributed by atoms with E-state index < -0.39 is 0 Å². The van der Waals surface area contributed by atoms with Crippen LogP contribution in [-0.4, -0.2) is 45.8 Å². The summed E-state index contributed by atoms with van der Waals surface area (Å²) in [4.78, 5) is 30.7. The summed E-state index contributed by atoms with van der Waals surface area (Å²) in [5.74, 6) is 1.26. The highest BCUT2D eigenvalue weighted by molar-refractivity contribution is 7.99. The Morgan fingerprint density at radius 3 is 2.67 bits per heavy atom.